The first-order chi connectivity index (χ1) is 13.7. The highest BCUT2D eigenvalue weighted by Crippen LogP contribution is 2.31. The molecule has 0 fully saturated rings. The molecule has 2 aromatic carbocycles. The van der Waals surface area contributed by atoms with Gasteiger partial charge in [-0.05, 0) is 29.8 Å². The Labute approximate surface area is 178 Å². The standard InChI is InChI=1S/C20H13Cl2F3N2OS/c21-15-6-1-12(9-16(15)22)10-26-8-7-18(28)17-11-29-19(27-17)13-2-4-14(5-3-13)20(23,24)25/h1-9,11,26H,10H2. The van der Waals surface area contributed by atoms with Crippen LogP contribution >= 0.6 is 34.5 Å². The molecule has 3 nitrogen and oxygen atoms in total. The fraction of sp³-hybridized carbons (Fsp3) is 0.100. The first-order valence-corrected chi connectivity index (χ1v) is 9.89. The third-order valence-electron chi connectivity index (χ3n) is 3.86. The van der Waals surface area contributed by atoms with Gasteiger partial charge in [-0.25, -0.2) is 4.98 Å². The number of nitrogens with zero attached hydrogens (tertiary/aromatic N) is 1. The average molecular weight is 457 g/mol. The molecule has 0 aliphatic heterocycles. The fourth-order valence-electron chi connectivity index (χ4n) is 2.37. The predicted molar refractivity (Wildman–Crippen MR) is 109 cm³/mol. The van der Waals surface area contributed by atoms with E-state index in [0.29, 0.717) is 27.2 Å². The van der Waals surface area contributed by atoms with Gasteiger partial charge in [-0.15, -0.1) is 11.3 Å². The van der Waals surface area contributed by atoms with Gasteiger partial charge in [0.2, 0.25) is 5.78 Å². The zero-order valence-electron chi connectivity index (χ0n) is 14.6. The van der Waals surface area contributed by atoms with Crippen molar-refractivity contribution in [3.8, 4) is 10.6 Å². The van der Waals surface area contributed by atoms with E-state index in [9.17, 15) is 18.0 Å². The maximum atomic E-state index is 12.6. The van der Waals surface area contributed by atoms with Gasteiger partial charge in [-0.2, -0.15) is 13.2 Å². The molecule has 0 radical (unpaired) electrons. The molecule has 3 aromatic rings. The SMILES string of the molecule is O=C(C=CNCc1ccc(Cl)c(Cl)c1)c1csc(-c2ccc(C(F)(F)F)cc2)n1. The van der Waals surface area contributed by atoms with Crippen LogP contribution in [0.1, 0.15) is 21.6 Å². The van der Waals surface area contributed by atoms with Gasteiger partial charge < -0.3 is 5.32 Å². The highest BCUT2D eigenvalue weighted by Gasteiger charge is 2.30. The first kappa shape index (κ1) is 21.4. The molecular formula is C20H13Cl2F3N2OS. The van der Waals surface area contributed by atoms with E-state index in [0.717, 1.165) is 17.7 Å². The second kappa shape index (κ2) is 8.98. The van der Waals surface area contributed by atoms with Crippen LogP contribution in [0, 0.1) is 0 Å². The van der Waals surface area contributed by atoms with Crippen LogP contribution in [-0.2, 0) is 12.7 Å². The molecule has 0 saturated carbocycles. The van der Waals surface area contributed by atoms with Gasteiger partial charge in [-0.1, -0.05) is 41.4 Å². The molecule has 0 spiro atoms. The summed E-state index contributed by atoms with van der Waals surface area (Å²) in [5, 5.41) is 5.93. The van der Waals surface area contributed by atoms with E-state index in [4.69, 9.17) is 23.2 Å². The van der Waals surface area contributed by atoms with Gasteiger partial charge in [-0.3, -0.25) is 4.79 Å². The lowest BCUT2D eigenvalue weighted by atomic mass is 10.1. The van der Waals surface area contributed by atoms with Crippen LogP contribution in [0.5, 0.6) is 0 Å². The van der Waals surface area contributed by atoms with E-state index >= 15 is 0 Å². The van der Waals surface area contributed by atoms with E-state index in [1.807, 2.05) is 6.07 Å². The zero-order chi connectivity index (χ0) is 21.0. The van der Waals surface area contributed by atoms with Crippen molar-refractivity contribution in [2.75, 3.05) is 0 Å². The Kier molecular flexibility index (Phi) is 6.62. The molecule has 9 heteroatoms. The highest BCUT2D eigenvalue weighted by atomic mass is 35.5. The molecule has 0 unspecified atom stereocenters. The van der Waals surface area contributed by atoms with Crippen LogP contribution in [0.15, 0.2) is 60.1 Å². The lowest BCUT2D eigenvalue weighted by Gasteiger charge is -2.06. The quantitative estimate of drug-likeness (QED) is 0.334. The molecule has 3 rings (SSSR count). The van der Waals surface area contributed by atoms with E-state index in [2.05, 4.69) is 10.3 Å². The van der Waals surface area contributed by atoms with Gasteiger partial charge in [0.15, 0.2) is 0 Å². The van der Waals surface area contributed by atoms with Crippen molar-refractivity contribution in [2.24, 2.45) is 0 Å². The van der Waals surface area contributed by atoms with Crippen molar-refractivity contribution in [3.63, 3.8) is 0 Å². The van der Waals surface area contributed by atoms with Crippen molar-refractivity contribution in [1.82, 2.24) is 10.3 Å². The Morgan fingerprint density at radius 2 is 1.83 bits per heavy atom. The molecule has 1 heterocycles. The predicted octanol–water partition coefficient (Wildman–Crippen LogP) is 6.62. The summed E-state index contributed by atoms with van der Waals surface area (Å²) in [6.07, 6.45) is -1.55. The number of thiazole rings is 1. The molecule has 0 atom stereocenters. The molecule has 0 amide bonds. The minimum Gasteiger partial charge on any atom is -0.387 e. The smallest absolute Gasteiger partial charge is 0.387 e. The lowest BCUT2D eigenvalue weighted by Crippen LogP contribution is -2.06. The van der Waals surface area contributed by atoms with Gasteiger partial charge in [0, 0.05) is 29.8 Å². The summed E-state index contributed by atoms with van der Waals surface area (Å²) in [7, 11) is 0. The normalized spacial score (nSPS) is 11.8. The van der Waals surface area contributed by atoms with Crippen molar-refractivity contribution >= 4 is 40.3 Å². The molecule has 1 aromatic heterocycles. The van der Waals surface area contributed by atoms with Gasteiger partial charge in [0.25, 0.3) is 0 Å². The number of nitrogens with one attached hydrogen (secondary N) is 1. The molecule has 150 valence electrons. The first-order valence-electron chi connectivity index (χ1n) is 8.25. The van der Waals surface area contributed by atoms with E-state index in [1.165, 1.54) is 35.7 Å². The third-order valence-corrected chi connectivity index (χ3v) is 5.49. The number of hydrogen-bond donors (Lipinski definition) is 1. The van der Waals surface area contributed by atoms with E-state index in [-0.39, 0.29) is 11.5 Å². The van der Waals surface area contributed by atoms with Gasteiger partial charge in [0.05, 0.1) is 15.6 Å². The largest absolute Gasteiger partial charge is 0.416 e. The minimum absolute atomic E-state index is 0.220. The van der Waals surface area contributed by atoms with E-state index in [1.54, 1.807) is 17.5 Å². The summed E-state index contributed by atoms with van der Waals surface area (Å²) >= 11 is 13.0. The summed E-state index contributed by atoms with van der Waals surface area (Å²) in [6, 6.07) is 9.88. The number of halogens is 5. The summed E-state index contributed by atoms with van der Waals surface area (Å²) < 4.78 is 37.9. The number of allylic oxidation sites excluding steroid dienone is 1. The van der Waals surface area contributed by atoms with Crippen LogP contribution in [0.4, 0.5) is 13.2 Å². The summed E-state index contributed by atoms with van der Waals surface area (Å²) in [4.78, 5) is 16.4. The van der Waals surface area contributed by atoms with Crippen molar-refractivity contribution in [1.29, 1.82) is 0 Å². The highest BCUT2D eigenvalue weighted by molar-refractivity contribution is 7.13. The molecule has 1 N–H and O–H groups in total. The van der Waals surface area contributed by atoms with Crippen molar-refractivity contribution in [2.45, 2.75) is 12.7 Å². The molecule has 0 aliphatic carbocycles. The van der Waals surface area contributed by atoms with E-state index < -0.39 is 11.7 Å². The van der Waals surface area contributed by atoms with Gasteiger partial charge in [0.1, 0.15) is 10.7 Å². The lowest BCUT2D eigenvalue weighted by molar-refractivity contribution is -0.137. The van der Waals surface area contributed by atoms with Gasteiger partial charge >= 0.3 is 6.18 Å². The number of alkyl halides is 3. The van der Waals surface area contributed by atoms with Crippen LogP contribution in [0.2, 0.25) is 10.0 Å². The topological polar surface area (TPSA) is 42.0 Å². The number of rotatable bonds is 6. The fourth-order valence-corrected chi connectivity index (χ4v) is 3.50. The van der Waals surface area contributed by atoms with Crippen molar-refractivity contribution in [3.05, 3.63) is 87.0 Å². The number of hydrogen-bond acceptors (Lipinski definition) is 4. The Balaban J connectivity index is 1.60. The Bertz CT molecular complexity index is 1050. The average Bonchev–Trinajstić information content (AvgIpc) is 3.17. The maximum Gasteiger partial charge on any atom is 0.416 e. The third kappa shape index (κ3) is 5.59. The van der Waals surface area contributed by atoms with Crippen LogP contribution in [-0.4, -0.2) is 10.8 Å². The van der Waals surface area contributed by atoms with Crippen LogP contribution in [0.3, 0.4) is 0 Å². The molecular weight excluding hydrogens is 444 g/mol. The Hall–Kier alpha value is -2.35. The number of ketones is 1. The maximum absolute atomic E-state index is 12.6. The molecule has 29 heavy (non-hydrogen) atoms. The minimum atomic E-state index is -4.39. The number of carbonyl (C=O) groups is 1. The summed E-state index contributed by atoms with van der Waals surface area (Å²) in [5.41, 5.74) is 0.904. The van der Waals surface area contributed by atoms with Crippen LogP contribution < -0.4 is 5.32 Å². The second-order valence-electron chi connectivity index (χ2n) is 5.94. The summed E-state index contributed by atoms with van der Waals surface area (Å²) in [6.45, 7) is 0.453. The van der Waals surface area contributed by atoms with Crippen molar-refractivity contribution < 1.29 is 18.0 Å². The molecule has 0 saturated heterocycles. The summed E-state index contributed by atoms with van der Waals surface area (Å²) in [5.74, 6) is -0.318. The molecule has 0 bridgehead atoms. The monoisotopic (exact) mass is 456 g/mol. The molecule has 0 aliphatic rings. The number of benzene rings is 2. The number of carbonyl (C=O) groups excluding carboxylic acids is 1. The Morgan fingerprint density at radius 1 is 1.10 bits per heavy atom. The zero-order valence-corrected chi connectivity index (χ0v) is 17.0. The Morgan fingerprint density at radius 3 is 2.48 bits per heavy atom. The van der Waals surface area contributed by atoms with Crippen LogP contribution in [0.25, 0.3) is 10.6 Å². The number of aromatic nitrogens is 1. The second-order valence-corrected chi connectivity index (χ2v) is 7.61.